The van der Waals surface area contributed by atoms with Crippen molar-refractivity contribution in [3.05, 3.63) is 32.7 Å². The van der Waals surface area contributed by atoms with E-state index in [0.29, 0.717) is 0 Å². The van der Waals surface area contributed by atoms with Crippen molar-refractivity contribution in [3.63, 3.8) is 0 Å². The molecule has 0 amide bonds. The molecule has 0 aromatic heterocycles. The highest BCUT2D eigenvalue weighted by Crippen LogP contribution is 2.22. The molecule has 60 valence electrons. The van der Waals surface area contributed by atoms with E-state index in [1.54, 1.807) is 0 Å². The second kappa shape index (κ2) is 4.27. The molecule has 0 fully saturated rings. The van der Waals surface area contributed by atoms with Gasteiger partial charge in [0, 0.05) is 8.95 Å². The molecule has 0 radical (unpaired) electrons. The average molecular weight is 278 g/mol. The zero-order valence-corrected chi connectivity index (χ0v) is 9.57. The van der Waals surface area contributed by atoms with Crippen LogP contribution in [0.4, 0.5) is 0 Å². The smallest absolute Gasteiger partial charge is 0.0218 e. The molecule has 0 atom stereocenters. The van der Waals surface area contributed by atoms with Gasteiger partial charge in [0.1, 0.15) is 0 Å². The van der Waals surface area contributed by atoms with Crippen molar-refractivity contribution in [2.75, 3.05) is 0 Å². The van der Waals surface area contributed by atoms with Crippen LogP contribution in [-0.2, 0) is 6.42 Å². The second-order valence-corrected chi connectivity index (χ2v) is 4.26. The highest BCUT2D eigenvalue weighted by molar-refractivity contribution is 9.11. The van der Waals surface area contributed by atoms with E-state index in [2.05, 4.69) is 57.0 Å². The van der Waals surface area contributed by atoms with E-state index in [1.807, 2.05) is 0 Å². The molecule has 1 aromatic rings. The molecule has 1 aromatic carbocycles. The number of hydrogen-bond donors (Lipinski definition) is 0. The molecule has 0 saturated carbocycles. The Morgan fingerprint density at radius 3 is 2.55 bits per heavy atom. The van der Waals surface area contributed by atoms with Gasteiger partial charge in [-0.3, -0.25) is 0 Å². The monoisotopic (exact) mass is 276 g/mol. The highest BCUT2D eigenvalue weighted by Gasteiger charge is 1.97. The Bertz CT molecular complexity index is 243. The molecular formula is C9H10Br2. The first kappa shape index (κ1) is 9.27. The molecule has 0 aliphatic heterocycles. The van der Waals surface area contributed by atoms with Crippen LogP contribution in [0, 0.1) is 0 Å². The lowest BCUT2D eigenvalue weighted by Gasteiger charge is -2.01. The highest BCUT2D eigenvalue weighted by atomic mass is 79.9. The Hall–Kier alpha value is 0.180. The van der Waals surface area contributed by atoms with Gasteiger partial charge in [0.25, 0.3) is 0 Å². The molecule has 0 aliphatic carbocycles. The first-order valence-electron chi connectivity index (χ1n) is 3.68. The van der Waals surface area contributed by atoms with Crippen molar-refractivity contribution in [2.24, 2.45) is 0 Å². The van der Waals surface area contributed by atoms with Gasteiger partial charge >= 0.3 is 0 Å². The molecule has 0 nitrogen and oxygen atoms in total. The van der Waals surface area contributed by atoms with Crippen molar-refractivity contribution >= 4 is 31.9 Å². The molecule has 0 saturated heterocycles. The molecule has 0 N–H and O–H groups in total. The first-order valence-corrected chi connectivity index (χ1v) is 5.26. The van der Waals surface area contributed by atoms with Crippen LogP contribution in [0.1, 0.15) is 18.9 Å². The zero-order chi connectivity index (χ0) is 8.27. The first-order chi connectivity index (χ1) is 5.24. The van der Waals surface area contributed by atoms with Gasteiger partial charge in [-0.15, -0.1) is 0 Å². The van der Waals surface area contributed by atoms with E-state index in [0.717, 1.165) is 10.9 Å². The predicted molar refractivity (Wildman–Crippen MR) is 55.8 cm³/mol. The van der Waals surface area contributed by atoms with Gasteiger partial charge < -0.3 is 0 Å². The third-order valence-corrected chi connectivity index (χ3v) is 2.77. The summed E-state index contributed by atoms with van der Waals surface area (Å²) >= 11 is 6.94. The van der Waals surface area contributed by atoms with Crippen LogP contribution in [0.2, 0.25) is 0 Å². The van der Waals surface area contributed by atoms with Gasteiger partial charge in [-0.05, 0) is 24.1 Å². The van der Waals surface area contributed by atoms with E-state index in [1.165, 1.54) is 16.5 Å². The number of aryl methyl sites for hydroxylation is 1. The van der Waals surface area contributed by atoms with Crippen LogP contribution in [0.5, 0.6) is 0 Å². The molecule has 0 heterocycles. The Labute approximate surface area is 84.3 Å². The van der Waals surface area contributed by atoms with Gasteiger partial charge in [-0.25, -0.2) is 0 Å². The van der Waals surface area contributed by atoms with E-state index in [4.69, 9.17) is 0 Å². The summed E-state index contributed by atoms with van der Waals surface area (Å²) in [7, 11) is 0. The largest absolute Gasteiger partial charge is 0.0651 e. The maximum atomic E-state index is 3.52. The number of benzene rings is 1. The summed E-state index contributed by atoms with van der Waals surface area (Å²) in [6, 6.07) is 6.32. The fourth-order valence-corrected chi connectivity index (χ4v) is 2.24. The van der Waals surface area contributed by atoms with Crippen molar-refractivity contribution in [3.8, 4) is 0 Å². The zero-order valence-electron chi connectivity index (χ0n) is 6.40. The van der Waals surface area contributed by atoms with E-state index in [-0.39, 0.29) is 0 Å². The van der Waals surface area contributed by atoms with Crippen molar-refractivity contribution in [1.29, 1.82) is 0 Å². The fraction of sp³-hybridized carbons (Fsp3) is 0.333. The maximum absolute atomic E-state index is 3.52. The van der Waals surface area contributed by atoms with Gasteiger partial charge in [0.15, 0.2) is 0 Å². The third kappa shape index (κ3) is 2.60. The minimum atomic E-state index is 1.13. The molecule has 0 spiro atoms. The number of rotatable bonds is 2. The Balaban J connectivity index is 2.90. The predicted octanol–water partition coefficient (Wildman–Crippen LogP) is 4.16. The number of hydrogen-bond acceptors (Lipinski definition) is 0. The summed E-state index contributed by atoms with van der Waals surface area (Å²) in [5, 5.41) is 0. The minimum absolute atomic E-state index is 1.13. The van der Waals surface area contributed by atoms with Crippen LogP contribution >= 0.6 is 31.9 Å². The summed E-state index contributed by atoms with van der Waals surface area (Å²) in [5.74, 6) is 0. The van der Waals surface area contributed by atoms with Crippen molar-refractivity contribution in [2.45, 2.75) is 19.8 Å². The van der Waals surface area contributed by atoms with Crippen LogP contribution in [-0.4, -0.2) is 0 Å². The van der Waals surface area contributed by atoms with Crippen LogP contribution in [0.15, 0.2) is 27.1 Å². The quantitative estimate of drug-likeness (QED) is 0.761. The molecule has 11 heavy (non-hydrogen) atoms. The van der Waals surface area contributed by atoms with Gasteiger partial charge in [0.2, 0.25) is 0 Å². The lowest BCUT2D eigenvalue weighted by atomic mass is 10.1. The lowest BCUT2D eigenvalue weighted by molar-refractivity contribution is 0.916. The Morgan fingerprint density at radius 2 is 2.00 bits per heavy atom. The average Bonchev–Trinajstić information content (AvgIpc) is 1.95. The molecule has 1 rings (SSSR count). The fourth-order valence-electron chi connectivity index (χ4n) is 0.994. The maximum Gasteiger partial charge on any atom is 0.0218 e. The summed E-state index contributed by atoms with van der Waals surface area (Å²) in [6.45, 7) is 2.19. The van der Waals surface area contributed by atoms with Crippen LogP contribution in [0.25, 0.3) is 0 Å². The van der Waals surface area contributed by atoms with Crippen LogP contribution in [0.3, 0.4) is 0 Å². The Morgan fingerprint density at radius 1 is 1.27 bits per heavy atom. The van der Waals surface area contributed by atoms with Gasteiger partial charge in [-0.2, -0.15) is 0 Å². The summed E-state index contributed by atoms with van der Waals surface area (Å²) in [4.78, 5) is 0. The number of halogens is 2. The van der Waals surface area contributed by atoms with Gasteiger partial charge in [-0.1, -0.05) is 51.3 Å². The molecule has 0 unspecified atom stereocenters. The molecule has 0 aliphatic rings. The second-order valence-electron chi connectivity index (χ2n) is 2.49. The normalized spacial score (nSPS) is 10.1. The third-order valence-electron chi connectivity index (χ3n) is 1.53. The lowest BCUT2D eigenvalue weighted by Crippen LogP contribution is -1.83. The van der Waals surface area contributed by atoms with Crippen molar-refractivity contribution < 1.29 is 0 Å². The minimum Gasteiger partial charge on any atom is -0.0651 e. The van der Waals surface area contributed by atoms with E-state index >= 15 is 0 Å². The van der Waals surface area contributed by atoms with E-state index < -0.39 is 0 Å². The molecular weight excluding hydrogens is 268 g/mol. The summed E-state index contributed by atoms with van der Waals surface area (Å²) in [5.41, 5.74) is 1.38. The SMILES string of the molecule is CCCc1ccc(Br)cc1Br. The van der Waals surface area contributed by atoms with E-state index in [9.17, 15) is 0 Å². The summed E-state index contributed by atoms with van der Waals surface area (Å²) in [6.07, 6.45) is 2.34. The summed E-state index contributed by atoms with van der Waals surface area (Å²) < 4.78 is 2.33. The topological polar surface area (TPSA) is 0 Å². The standard InChI is InChI=1S/C9H10Br2/c1-2-3-7-4-5-8(10)6-9(7)11/h4-6H,2-3H2,1H3. The molecule has 2 heteroatoms. The van der Waals surface area contributed by atoms with Crippen molar-refractivity contribution in [1.82, 2.24) is 0 Å². The van der Waals surface area contributed by atoms with Gasteiger partial charge in [0.05, 0.1) is 0 Å². The van der Waals surface area contributed by atoms with Crippen LogP contribution < -0.4 is 0 Å². The molecule has 0 bridgehead atoms. The Kier molecular flexibility index (Phi) is 3.60.